The van der Waals surface area contributed by atoms with Gasteiger partial charge >= 0.3 is 0 Å². The van der Waals surface area contributed by atoms with Crippen LogP contribution in [0.3, 0.4) is 0 Å². The van der Waals surface area contributed by atoms with Crippen molar-refractivity contribution in [2.24, 2.45) is 0 Å². The quantitative estimate of drug-likeness (QED) is 0.864. The van der Waals surface area contributed by atoms with E-state index in [1.807, 2.05) is 4.68 Å². The van der Waals surface area contributed by atoms with Gasteiger partial charge in [-0.05, 0) is 33.6 Å². The van der Waals surface area contributed by atoms with E-state index in [1.165, 1.54) is 0 Å². The van der Waals surface area contributed by atoms with Crippen LogP contribution in [0.4, 0.5) is 0 Å². The molecule has 0 spiro atoms. The summed E-state index contributed by atoms with van der Waals surface area (Å²) in [4.78, 5) is 0. The second-order valence-corrected chi connectivity index (χ2v) is 6.32. The first-order valence-electron chi connectivity index (χ1n) is 7.06. The predicted octanol–water partition coefficient (Wildman–Crippen LogP) is 4.37. The minimum absolute atomic E-state index is 0.0953. The summed E-state index contributed by atoms with van der Waals surface area (Å²) in [5.41, 5.74) is 1.74. The van der Waals surface area contributed by atoms with Crippen LogP contribution in [0.1, 0.15) is 84.5 Å². The first-order chi connectivity index (χ1) is 8.23. The highest BCUT2D eigenvalue weighted by atomic mass is 16.3. The number of nitrogens with zero attached hydrogens (tertiary/aromatic N) is 2. The normalized spacial score (nSPS) is 15.7. The molecule has 3 nitrogen and oxygen atoms in total. The van der Waals surface area contributed by atoms with Crippen molar-refractivity contribution in [1.82, 2.24) is 9.78 Å². The van der Waals surface area contributed by atoms with Crippen molar-refractivity contribution in [1.29, 1.82) is 0 Å². The smallest absolute Gasteiger partial charge is 0.160 e. The Morgan fingerprint density at radius 1 is 1.11 bits per heavy atom. The Bertz CT molecular complexity index is 401. The van der Waals surface area contributed by atoms with Gasteiger partial charge in [0, 0.05) is 11.8 Å². The lowest BCUT2D eigenvalue weighted by molar-refractivity contribution is 0.329. The van der Waals surface area contributed by atoms with Crippen LogP contribution in [0.5, 0.6) is 5.75 Å². The lowest BCUT2D eigenvalue weighted by Gasteiger charge is -2.24. The van der Waals surface area contributed by atoms with Crippen molar-refractivity contribution in [3.63, 3.8) is 0 Å². The summed E-state index contributed by atoms with van der Waals surface area (Å²) in [6.45, 7) is 14.9. The SMILES string of the molecule is CCC(C)c1nn(C(C)(C)C)c(C(C)CC)c1O. The molecule has 18 heavy (non-hydrogen) atoms. The third kappa shape index (κ3) is 2.70. The van der Waals surface area contributed by atoms with Gasteiger partial charge < -0.3 is 5.11 Å². The van der Waals surface area contributed by atoms with Crippen LogP contribution in [-0.4, -0.2) is 14.9 Å². The maximum Gasteiger partial charge on any atom is 0.160 e. The second-order valence-electron chi connectivity index (χ2n) is 6.32. The largest absolute Gasteiger partial charge is 0.504 e. The molecule has 0 saturated heterocycles. The van der Waals surface area contributed by atoms with Crippen molar-refractivity contribution in [3.05, 3.63) is 11.4 Å². The Morgan fingerprint density at radius 2 is 1.61 bits per heavy atom. The average molecular weight is 252 g/mol. The van der Waals surface area contributed by atoms with E-state index >= 15 is 0 Å². The van der Waals surface area contributed by atoms with E-state index in [0.717, 1.165) is 24.2 Å². The van der Waals surface area contributed by atoms with Crippen LogP contribution in [0, 0.1) is 0 Å². The van der Waals surface area contributed by atoms with Crippen molar-refractivity contribution < 1.29 is 5.11 Å². The van der Waals surface area contributed by atoms with Gasteiger partial charge in [-0.3, -0.25) is 4.68 Å². The number of aromatic nitrogens is 2. The number of hydrogen-bond donors (Lipinski definition) is 1. The van der Waals surface area contributed by atoms with Crippen molar-refractivity contribution in [2.45, 2.75) is 78.7 Å². The summed E-state index contributed by atoms with van der Waals surface area (Å²) in [5, 5.41) is 15.2. The fourth-order valence-electron chi connectivity index (χ4n) is 2.11. The molecule has 2 unspecified atom stereocenters. The van der Waals surface area contributed by atoms with Gasteiger partial charge in [-0.1, -0.05) is 27.7 Å². The molecule has 2 atom stereocenters. The highest BCUT2D eigenvalue weighted by Gasteiger charge is 2.28. The average Bonchev–Trinajstić information content (AvgIpc) is 2.64. The topological polar surface area (TPSA) is 38.0 Å². The Balaban J connectivity index is 3.41. The van der Waals surface area contributed by atoms with Crippen LogP contribution in [0.25, 0.3) is 0 Å². The van der Waals surface area contributed by atoms with Crippen molar-refractivity contribution >= 4 is 0 Å². The number of aromatic hydroxyl groups is 1. The summed E-state index contributed by atoms with van der Waals surface area (Å²) in [6, 6.07) is 0. The lowest BCUT2D eigenvalue weighted by atomic mass is 9.98. The fourth-order valence-corrected chi connectivity index (χ4v) is 2.11. The molecular weight excluding hydrogens is 224 g/mol. The van der Waals surface area contributed by atoms with E-state index in [2.05, 4.69) is 53.6 Å². The molecule has 0 amide bonds. The first-order valence-corrected chi connectivity index (χ1v) is 7.06. The fraction of sp³-hybridized carbons (Fsp3) is 0.800. The monoisotopic (exact) mass is 252 g/mol. The molecule has 0 aliphatic carbocycles. The zero-order valence-electron chi connectivity index (χ0n) is 12.9. The first kappa shape index (κ1) is 15.1. The summed E-state index contributed by atoms with van der Waals surface area (Å²) in [5.74, 6) is 1.04. The van der Waals surface area contributed by atoms with E-state index < -0.39 is 0 Å². The Kier molecular flexibility index (Phi) is 4.46. The summed E-state index contributed by atoms with van der Waals surface area (Å²) in [6.07, 6.45) is 2.00. The van der Waals surface area contributed by atoms with Gasteiger partial charge in [0.05, 0.1) is 11.2 Å². The third-order valence-electron chi connectivity index (χ3n) is 3.71. The van der Waals surface area contributed by atoms with Gasteiger partial charge in [0.15, 0.2) is 5.75 Å². The van der Waals surface area contributed by atoms with Crippen molar-refractivity contribution in [3.8, 4) is 5.75 Å². The predicted molar refractivity (Wildman–Crippen MR) is 76.3 cm³/mol. The van der Waals surface area contributed by atoms with Gasteiger partial charge in [0.2, 0.25) is 0 Å². The van der Waals surface area contributed by atoms with Crippen molar-refractivity contribution in [2.75, 3.05) is 0 Å². The molecule has 0 aliphatic heterocycles. The summed E-state index contributed by atoms with van der Waals surface area (Å²) in [7, 11) is 0. The zero-order chi connectivity index (χ0) is 14.1. The van der Waals surface area contributed by atoms with Gasteiger partial charge in [-0.15, -0.1) is 0 Å². The van der Waals surface area contributed by atoms with E-state index in [4.69, 9.17) is 0 Å². The molecular formula is C15H28N2O. The van der Waals surface area contributed by atoms with Gasteiger partial charge in [0.1, 0.15) is 5.69 Å². The molecule has 1 aromatic rings. The van der Waals surface area contributed by atoms with E-state index in [-0.39, 0.29) is 5.54 Å². The van der Waals surface area contributed by atoms with E-state index in [0.29, 0.717) is 17.6 Å². The maximum absolute atomic E-state index is 10.5. The van der Waals surface area contributed by atoms with Crippen LogP contribution < -0.4 is 0 Å². The number of rotatable bonds is 4. The molecule has 0 fully saturated rings. The molecule has 1 rings (SSSR count). The highest BCUT2D eigenvalue weighted by molar-refractivity contribution is 5.37. The van der Waals surface area contributed by atoms with E-state index in [9.17, 15) is 5.11 Å². The molecule has 1 heterocycles. The lowest BCUT2D eigenvalue weighted by Crippen LogP contribution is -2.26. The van der Waals surface area contributed by atoms with Gasteiger partial charge in [0.25, 0.3) is 0 Å². The molecule has 1 N–H and O–H groups in total. The Morgan fingerprint density at radius 3 is 2.00 bits per heavy atom. The highest BCUT2D eigenvalue weighted by Crippen LogP contribution is 2.38. The molecule has 3 heteroatoms. The Labute approximate surface area is 111 Å². The molecule has 1 aromatic heterocycles. The minimum atomic E-state index is -0.0953. The van der Waals surface area contributed by atoms with Crippen LogP contribution in [0.2, 0.25) is 0 Å². The summed E-state index contributed by atoms with van der Waals surface area (Å²) < 4.78 is 2.01. The minimum Gasteiger partial charge on any atom is -0.504 e. The Hall–Kier alpha value is -0.990. The standard InChI is InChI=1S/C15H28N2O/c1-8-10(3)12-14(18)13(11(4)9-2)17(16-12)15(5,6)7/h10-11,18H,8-9H2,1-7H3. The molecule has 104 valence electrons. The van der Waals surface area contributed by atoms with E-state index in [1.54, 1.807) is 0 Å². The third-order valence-corrected chi connectivity index (χ3v) is 3.71. The molecule has 0 saturated carbocycles. The molecule has 0 radical (unpaired) electrons. The van der Waals surface area contributed by atoms with Crippen LogP contribution >= 0.6 is 0 Å². The zero-order valence-corrected chi connectivity index (χ0v) is 12.9. The maximum atomic E-state index is 10.5. The number of hydrogen-bond acceptors (Lipinski definition) is 2. The molecule has 0 bridgehead atoms. The molecule has 0 aliphatic rings. The van der Waals surface area contributed by atoms with Gasteiger partial charge in [-0.2, -0.15) is 5.10 Å². The van der Waals surface area contributed by atoms with Crippen LogP contribution in [0.15, 0.2) is 0 Å². The molecule has 0 aromatic carbocycles. The van der Waals surface area contributed by atoms with Gasteiger partial charge in [-0.25, -0.2) is 0 Å². The van der Waals surface area contributed by atoms with Crippen LogP contribution in [-0.2, 0) is 5.54 Å². The second kappa shape index (κ2) is 5.33. The summed E-state index contributed by atoms with van der Waals surface area (Å²) >= 11 is 0.